The van der Waals surface area contributed by atoms with E-state index >= 15 is 0 Å². The maximum absolute atomic E-state index is 6.17. The Morgan fingerprint density at radius 3 is 1.42 bits per heavy atom. The minimum Gasteiger partial charge on any atom is -1.00 e. The summed E-state index contributed by atoms with van der Waals surface area (Å²) in [4.78, 5) is 0. The van der Waals surface area contributed by atoms with Crippen molar-refractivity contribution in [3.63, 3.8) is 0 Å². The molecule has 0 N–H and O–H groups in total. The molecule has 0 aromatic heterocycles. The Balaban J connectivity index is 0.00000243. The monoisotopic (exact) mass is 382 g/mol. The van der Waals surface area contributed by atoms with E-state index in [2.05, 4.69) is 97.1 Å². The highest BCUT2D eigenvalue weighted by atomic mass is 35.5. The maximum atomic E-state index is 6.17. The van der Waals surface area contributed by atoms with Gasteiger partial charge < -0.3 is 17.1 Å². The highest BCUT2D eigenvalue weighted by molar-refractivity contribution is 7.95. The van der Waals surface area contributed by atoms with Crippen molar-refractivity contribution in [1.29, 1.82) is 0 Å². The summed E-state index contributed by atoms with van der Waals surface area (Å²) >= 11 is 0. The molecule has 3 aromatic rings. The molecule has 0 aliphatic carbocycles. The quantitative estimate of drug-likeness (QED) is 0.342. The van der Waals surface area contributed by atoms with Crippen LogP contribution in [0.3, 0.4) is 0 Å². The summed E-state index contributed by atoms with van der Waals surface area (Å²) in [6.45, 7) is 2.67. The topological polar surface area (TPSA) is 9.23 Å². The van der Waals surface area contributed by atoms with Crippen LogP contribution in [0.5, 0.6) is 0 Å². The number of allylic oxidation sites excluding steroid dienone is 1. The van der Waals surface area contributed by atoms with Crippen molar-refractivity contribution in [3.8, 4) is 0 Å². The van der Waals surface area contributed by atoms with E-state index in [0.29, 0.717) is 13.0 Å². The zero-order valence-corrected chi connectivity index (χ0v) is 16.6. The van der Waals surface area contributed by atoms with E-state index in [1.54, 1.807) is 0 Å². The third-order valence-electron chi connectivity index (χ3n) is 4.33. The van der Waals surface area contributed by atoms with Gasteiger partial charge in [-0.15, -0.1) is 0 Å². The normalized spacial score (nSPS) is 11.3. The van der Waals surface area contributed by atoms with Crippen LogP contribution < -0.4 is 28.3 Å². The summed E-state index contributed by atoms with van der Waals surface area (Å²) < 4.78 is 6.17. The van der Waals surface area contributed by atoms with E-state index in [1.165, 1.54) is 15.9 Å². The molecule has 1 nitrogen and oxygen atoms in total. The summed E-state index contributed by atoms with van der Waals surface area (Å²) in [6.07, 6.45) is 4.80. The minimum atomic E-state index is -1.85. The Bertz CT molecular complexity index is 692. The van der Waals surface area contributed by atoms with E-state index in [4.69, 9.17) is 4.74 Å². The van der Waals surface area contributed by atoms with Crippen LogP contribution in [-0.2, 0) is 4.74 Å². The van der Waals surface area contributed by atoms with Crippen LogP contribution in [0.15, 0.2) is 103 Å². The van der Waals surface area contributed by atoms with Gasteiger partial charge in [-0.1, -0.05) is 66.7 Å². The number of halogens is 1. The molecule has 0 saturated heterocycles. The Hall–Kier alpha value is -1.92. The van der Waals surface area contributed by atoms with E-state index in [-0.39, 0.29) is 12.4 Å². The lowest BCUT2D eigenvalue weighted by molar-refractivity contribution is -0.00000526. The Morgan fingerprint density at radius 1 is 0.692 bits per heavy atom. The molecule has 3 heteroatoms. The molecular weight excluding hydrogens is 359 g/mol. The van der Waals surface area contributed by atoms with Crippen molar-refractivity contribution >= 4 is 23.2 Å². The maximum Gasteiger partial charge on any atom is 0.171 e. The third kappa shape index (κ3) is 4.43. The zero-order chi connectivity index (χ0) is 17.4. The molecule has 0 saturated carbocycles. The van der Waals surface area contributed by atoms with Crippen molar-refractivity contribution < 1.29 is 17.1 Å². The Kier molecular flexibility index (Phi) is 8.06. The fourth-order valence-electron chi connectivity index (χ4n) is 3.07. The molecule has 0 fully saturated rings. The Labute approximate surface area is 163 Å². The molecular formula is C23H24ClOP. The molecule has 3 rings (SSSR count). The van der Waals surface area contributed by atoms with Gasteiger partial charge in [0.15, 0.2) is 6.35 Å². The second kappa shape index (κ2) is 10.3. The van der Waals surface area contributed by atoms with E-state index in [9.17, 15) is 0 Å². The fraction of sp³-hybridized carbons (Fsp3) is 0.130. The fourth-order valence-corrected chi connectivity index (χ4v) is 6.84. The molecule has 134 valence electrons. The van der Waals surface area contributed by atoms with Gasteiger partial charge in [0, 0.05) is 0 Å². The van der Waals surface area contributed by atoms with Gasteiger partial charge in [0.05, 0.1) is 6.61 Å². The summed E-state index contributed by atoms with van der Waals surface area (Å²) in [7, 11) is -1.85. The Morgan fingerprint density at radius 2 is 1.08 bits per heavy atom. The predicted molar refractivity (Wildman–Crippen MR) is 111 cm³/mol. The molecule has 0 aliphatic heterocycles. The first-order valence-corrected chi connectivity index (χ1v) is 10.6. The first kappa shape index (κ1) is 20.4. The van der Waals surface area contributed by atoms with Gasteiger partial charge in [-0.2, -0.15) is 0 Å². The minimum absolute atomic E-state index is 0. The summed E-state index contributed by atoms with van der Waals surface area (Å²) in [6, 6.07) is 32.5. The van der Waals surface area contributed by atoms with Crippen LogP contribution in [0.25, 0.3) is 0 Å². The lowest BCUT2D eigenvalue weighted by Crippen LogP contribution is -3.00. The van der Waals surface area contributed by atoms with E-state index in [0.717, 1.165) is 0 Å². The van der Waals surface area contributed by atoms with Gasteiger partial charge in [-0.05, 0) is 43.3 Å². The molecule has 0 unspecified atom stereocenters. The van der Waals surface area contributed by atoms with Crippen LogP contribution in [-0.4, -0.2) is 13.0 Å². The number of ether oxygens (including phenoxy) is 1. The van der Waals surface area contributed by atoms with Crippen LogP contribution in [0.2, 0.25) is 0 Å². The second-order valence-corrected chi connectivity index (χ2v) is 9.31. The van der Waals surface area contributed by atoms with Gasteiger partial charge in [0.25, 0.3) is 0 Å². The largest absolute Gasteiger partial charge is 1.00 e. The molecule has 0 atom stereocenters. The standard InChI is InChI=1S/C23H24OP.ClH/c1-2-3-19-24-20-25(21-13-7-4-8-14-21,22-15-9-5-10-16-22)23-17-11-6-12-18-23;/h2-18H,19-20H2,1H3;1H/q+1;/p-1/b3-2+;. The molecule has 0 aliphatic rings. The SMILES string of the molecule is C/C=C/COC[P+](c1ccccc1)(c1ccccc1)c1ccccc1.[Cl-]. The third-order valence-corrected chi connectivity index (χ3v) is 8.43. The van der Waals surface area contributed by atoms with E-state index in [1.807, 2.05) is 13.0 Å². The molecule has 0 spiro atoms. The predicted octanol–water partition coefficient (Wildman–Crippen LogP) is 1.53. The van der Waals surface area contributed by atoms with Crippen LogP contribution >= 0.6 is 7.26 Å². The molecule has 0 heterocycles. The first-order chi connectivity index (χ1) is 12.4. The van der Waals surface area contributed by atoms with Crippen molar-refractivity contribution in [3.05, 3.63) is 103 Å². The zero-order valence-electron chi connectivity index (χ0n) is 15.0. The summed E-state index contributed by atoms with van der Waals surface area (Å²) in [5.74, 6) is 0. The van der Waals surface area contributed by atoms with Crippen molar-refractivity contribution in [2.45, 2.75) is 6.92 Å². The average molecular weight is 383 g/mol. The summed E-state index contributed by atoms with van der Waals surface area (Å²) in [5, 5.41) is 4.06. The van der Waals surface area contributed by atoms with E-state index < -0.39 is 7.26 Å². The van der Waals surface area contributed by atoms with Gasteiger partial charge in [-0.3, -0.25) is 0 Å². The molecule has 26 heavy (non-hydrogen) atoms. The number of rotatable bonds is 7. The number of hydrogen-bond acceptors (Lipinski definition) is 1. The van der Waals surface area contributed by atoms with Gasteiger partial charge in [0.2, 0.25) is 0 Å². The van der Waals surface area contributed by atoms with Gasteiger partial charge in [-0.25, -0.2) is 0 Å². The number of benzene rings is 3. The van der Waals surface area contributed by atoms with Crippen LogP contribution in [0.1, 0.15) is 6.92 Å². The molecule has 3 aromatic carbocycles. The van der Waals surface area contributed by atoms with Crippen molar-refractivity contribution in [1.82, 2.24) is 0 Å². The van der Waals surface area contributed by atoms with Gasteiger partial charge >= 0.3 is 0 Å². The smallest absolute Gasteiger partial charge is 0.171 e. The van der Waals surface area contributed by atoms with Gasteiger partial charge in [0.1, 0.15) is 23.2 Å². The van der Waals surface area contributed by atoms with Crippen LogP contribution in [0.4, 0.5) is 0 Å². The lowest BCUT2D eigenvalue weighted by atomic mass is 10.4. The lowest BCUT2D eigenvalue weighted by Gasteiger charge is -2.27. The number of hydrogen-bond donors (Lipinski definition) is 0. The highest BCUT2D eigenvalue weighted by Gasteiger charge is 2.45. The van der Waals surface area contributed by atoms with Crippen molar-refractivity contribution in [2.24, 2.45) is 0 Å². The average Bonchev–Trinajstić information content (AvgIpc) is 2.70. The first-order valence-electron chi connectivity index (χ1n) is 8.62. The summed E-state index contributed by atoms with van der Waals surface area (Å²) in [5.41, 5.74) is 0. The molecule has 0 bridgehead atoms. The second-order valence-electron chi connectivity index (χ2n) is 5.89. The molecule has 0 radical (unpaired) electrons. The van der Waals surface area contributed by atoms with Crippen LogP contribution in [0, 0.1) is 0 Å². The molecule has 0 amide bonds. The van der Waals surface area contributed by atoms with Crippen molar-refractivity contribution in [2.75, 3.05) is 13.0 Å². The highest BCUT2D eigenvalue weighted by Crippen LogP contribution is 2.55.